The number of rotatable bonds is 7. The van der Waals surface area contributed by atoms with Gasteiger partial charge in [0.15, 0.2) is 6.10 Å². The van der Waals surface area contributed by atoms with Crippen molar-refractivity contribution in [2.24, 2.45) is 5.41 Å². The molecule has 6 atom stereocenters. The highest BCUT2D eigenvalue weighted by Gasteiger charge is 2.80. The largest absolute Gasteiger partial charge is 0.496 e. The van der Waals surface area contributed by atoms with Crippen LogP contribution in [-0.4, -0.2) is 93.2 Å². The molecule has 10 heteroatoms. The molecule has 0 amide bonds. The van der Waals surface area contributed by atoms with Gasteiger partial charge in [0, 0.05) is 60.8 Å². The summed E-state index contributed by atoms with van der Waals surface area (Å²) in [7, 11) is 5.99. The topological polar surface area (TPSA) is 115 Å². The lowest BCUT2D eigenvalue weighted by molar-refractivity contribution is -0.228. The highest BCUT2D eigenvalue weighted by molar-refractivity contribution is 5.98. The van der Waals surface area contributed by atoms with Gasteiger partial charge >= 0.3 is 17.9 Å². The number of methoxy groups -OCH3 is 3. The SMILES string of the molecule is CC[C@]12C=CCN3CC[C@@]4(c5cc(/C(=C/C(=O)OC)c6ccccc6)c(OC)cc5N(C)[C@H]4[C@@](O)(C(=O)OC)[C@@H]1OC(C)=O)[C@@H]32. The van der Waals surface area contributed by atoms with Crippen molar-refractivity contribution in [2.75, 3.05) is 46.4 Å². The molecular weight excluding hydrogens is 576 g/mol. The van der Waals surface area contributed by atoms with Crippen molar-refractivity contribution in [3.8, 4) is 5.75 Å². The van der Waals surface area contributed by atoms with E-state index in [2.05, 4.69) is 4.90 Å². The van der Waals surface area contributed by atoms with Crippen molar-refractivity contribution in [1.82, 2.24) is 4.90 Å². The lowest BCUT2D eigenvalue weighted by Crippen LogP contribution is -2.81. The number of hydrogen-bond donors (Lipinski definition) is 1. The van der Waals surface area contributed by atoms with Crippen molar-refractivity contribution in [3.05, 3.63) is 77.4 Å². The quantitative estimate of drug-likeness (QED) is 0.215. The first kappa shape index (κ1) is 30.9. The van der Waals surface area contributed by atoms with Gasteiger partial charge < -0.3 is 29.0 Å². The van der Waals surface area contributed by atoms with Crippen LogP contribution in [0.3, 0.4) is 0 Å². The number of anilines is 1. The average Bonchev–Trinajstić information content (AvgIpc) is 3.56. The number of likely N-dealkylation sites (N-methyl/N-ethyl adjacent to an activating group) is 1. The lowest BCUT2D eigenvalue weighted by Gasteiger charge is -2.63. The first-order valence-electron chi connectivity index (χ1n) is 15.3. The second kappa shape index (κ2) is 11.0. The van der Waals surface area contributed by atoms with E-state index < -0.39 is 46.5 Å². The summed E-state index contributed by atoms with van der Waals surface area (Å²) in [6, 6.07) is 12.4. The molecule has 0 radical (unpaired) electrons. The fourth-order valence-corrected chi connectivity index (χ4v) is 9.08. The van der Waals surface area contributed by atoms with Crippen LogP contribution in [-0.2, 0) is 34.0 Å². The Labute approximate surface area is 263 Å². The Hall–Kier alpha value is -4.15. The van der Waals surface area contributed by atoms with Gasteiger partial charge in [-0.3, -0.25) is 9.69 Å². The summed E-state index contributed by atoms with van der Waals surface area (Å²) >= 11 is 0. The molecule has 45 heavy (non-hydrogen) atoms. The molecule has 1 saturated carbocycles. The van der Waals surface area contributed by atoms with E-state index in [0.717, 1.165) is 16.8 Å². The smallest absolute Gasteiger partial charge is 0.344 e. The maximum absolute atomic E-state index is 13.9. The van der Waals surface area contributed by atoms with E-state index in [1.165, 1.54) is 27.2 Å². The summed E-state index contributed by atoms with van der Waals surface area (Å²) in [4.78, 5) is 43.6. The number of benzene rings is 2. The van der Waals surface area contributed by atoms with E-state index in [1.807, 2.05) is 73.5 Å². The number of nitrogens with zero attached hydrogens (tertiary/aromatic N) is 2. The van der Waals surface area contributed by atoms with Gasteiger partial charge in [0.05, 0.1) is 27.4 Å². The third kappa shape index (κ3) is 4.11. The highest BCUT2D eigenvalue weighted by atomic mass is 16.6. The van der Waals surface area contributed by atoms with Gasteiger partial charge in [-0.25, -0.2) is 9.59 Å². The molecule has 1 aliphatic carbocycles. The minimum Gasteiger partial charge on any atom is -0.496 e. The van der Waals surface area contributed by atoms with E-state index >= 15 is 0 Å². The third-order valence-corrected chi connectivity index (χ3v) is 10.6. The van der Waals surface area contributed by atoms with Gasteiger partial charge in [-0.05, 0) is 42.2 Å². The van der Waals surface area contributed by atoms with Crippen molar-refractivity contribution >= 4 is 29.2 Å². The Morgan fingerprint density at radius 1 is 1.07 bits per heavy atom. The molecule has 2 fully saturated rings. The summed E-state index contributed by atoms with van der Waals surface area (Å²) < 4.78 is 22.3. The predicted molar refractivity (Wildman–Crippen MR) is 167 cm³/mol. The Morgan fingerprint density at radius 3 is 2.42 bits per heavy atom. The van der Waals surface area contributed by atoms with E-state index in [9.17, 15) is 19.5 Å². The number of ether oxygens (including phenoxy) is 4. The van der Waals surface area contributed by atoms with Gasteiger partial charge in [-0.1, -0.05) is 49.4 Å². The first-order chi connectivity index (χ1) is 21.5. The van der Waals surface area contributed by atoms with Crippen molar-refractivity contribution in [1.29, 1.82) is 0 Å². The normalized spacial score (nSPS) is 31.5. The van der Waals surface area contributed by atoms with Crippen LogP contribution in [0.1, 0.15) is 43.4 Å². The van der Waals surface area contributed by atoms with Crippen LogP contribution in [0.4, 0.5) is 5.69 Å². The molecule has 6 rings (SSSR count). The Balaban J connectivity index is 1.69. The van der Waals surface area contributed by atoms with Crippen LogP contribution in [0.2, 0.25) is 0 Å². The number of carbonyl (C=O) groups excluding carboxylic acids is 3. The molecule has 2 aromatic carbocycles. The third-order valence-electron chi connectivity index (χ3n) is 10.6. The van der Waals surface area contributed by atoms with E-state index in [-0.39, 0.29) is 6.04 Å². The fraction of sp³-hybridized carbons (Fsp3) is 0.457. The highest BCUT2D eigenvalue weighted by Crippen LogP contribution is 2.67. The molecule has 4 aliphatic rings. The van der Waals surface area contributed by atoms with Crippen LogP contribution in [0, 0.1) is 5.41 Å². The van der Waals surface area contributed by atoms with Crippen LogP contribution in [0.15, 0.2) is 60.7 Å². The lowest BCUT2D eigenvalue weighted by atomic mass is 9.47. The second-order valence-electron chi connectivity index (χ2n) is 12.4. The van der Waals surface area contributed by atoms with Crippen LogP contribution >= 0.6 is 0 Å². The number of esters is 3. The summed E-state index contributed by atoms with van der Waals surface area (Å²) in [5.74, 6) is -1.45. The molecule has 1 spiro atoms. The molecule has 2 aromatic rings. The predicted octanol–water partition coefficient (Wildman–Crippen LogP) is 3.25. The fourth-order valence-electron chi connectivity index (χ4n) is 9.08. The molecule has 0 bridgehead atoms. The van der Waals surface area contributed by atoms with Crippen LogP contribution in [0.5, 0.6) is 5.75 Å². The average molecular weight is 617 g/mol. The first-order valence-corrected chi connectivity index (χ1v) is 15.3. The van der Waals surface area contributed by atoms with Crippen molar-refractivity contribution in [2.45, 2.75) is 55.9 Å². The number of aliphatic hydroxyl groups is 1. The standard InChI is InChI=1S/C35H40N2O8/c1-7-33-14-11-16-37-17-15-34(29(33)37)25-18-24(23(19-28(39)43-5)22-12-9-8-10-13-22)27(42-4)20-26(25)36(3)30(34)35(41,32(40)44-6)31(33)45-21(2)38/h8-14,18-20,29-31,41H,7,15-17H2,1-6H3/b23-19+/t29-,30+,31+,33+,34+,35-/m0/s1. The van der Waals surface area contributed by atoms with Crippen LogP contribution < -0.4 is 9.64 Å². The maximum atomic E-state index is 13.9. The zero-order chi connectivity index (χ0) is 32.3. The zero-order valence-electron chi connectivity index (χ0n) is 26.5. The van der Waals surface area contributed by atoms with E-state index in [0.29, 0.717) is 42.8 Å². The number of carbonyl (C=O) groups is 3. The second-order valence-corrected chi connectivity index (χ2v) is 12.4. The van der Waals surface area contributed by atoms with Crippen LogP contribution in [0.25, 0.3) is 5.57 Å². The van der Waals surface area contributed by atoms with Gasteiger partial charge in [0.2, 0.25) is 5.60 Å². The minimum atomic E-state index is -2.23. The summed E-state index contributed by atoms with van der Waals surface area (Å²) in [6.07, 6.45) is 5.44. The Bertz CT molecular complexity index is 1600. The number of hydrogen-bond acceptors (Lipinski definition) is 10. The monoisotopic (exact) mass is 616 g/mol. The van der Waals surface area contributed by atoms with Gasteiger partial charge in [-0.15, -0.1) is 0 Å². The zero-order valence-corrected chi connectivity index (χ0v) is 26.5. The van der Waals surface area contributed by atoms with Gasteiger partial charge in [-0.2, -0.15) is 0 Å². The summed E-state index contributed by atoms with van der Waals surface area (Å²) in [6.45, 7) is 4.68. The minimum absolute atomic E-state index is 0.228. The maximum Gasteiger partial charge on any atom is 0.344 e. The molecule has 3 heterocycles. The summed E-state index contributed by atoms with van der Waals surface area (Å²) in [5.41, 5.74) is -0.155. The Kier molecular flexibility index (Phi) is 7.56. The van der Waals surface area contributed by atoms with Crippen molar-refractivity contribution < 1.29 is 38.4 Å². The molecule has 0 aromatic heterocycles. The molecular formula is C35H40N2O8. The Morgan fingerprint density at radius 2 is 1.80 bits per heavy atom. The van der Waals surface area contributed by atoms with E-state index in [4.69, 9.17) is 18.9 Å². The molecule has 238 valence electrons. The molecule has 10 nitrogen and oxygen atoms in total. The van der Waals surface area contributed by atoms with Crippen molar-refractivity contribution in [3.63, 3.8) is 0 Å². The molecule has 1 N–H and O–H groups in total. The molecule has 0 unspecified atom stereocenters. The molecule has 1 saturated heterocycles. The van der Waals surface area contributed by atoms with E-state index in [1.54, 1.807) is 7.11 Å². The summed E-state index contributed by atoms with van der Waals surface area (Å²) in [5, 5.41) is 12.9. The molecule has 3 aliphatic heterocycles. The van der Waals surface area contributed by atoms with Gasteiger partial charge in [0.1, 0.15) is 5.75 Å². The van der Waals surface area contributed by atoms with Gasteiger partial charge in [0.25, 0.3) is 0 Å². The number of fused-ring (bicyclic) bond motifs is 1.